The third-order valence-corrected chi connectivity index (χ3v) is 5.34. The van der Waals surface area contributed by atoms with Crippen molar-refractivity contribution in [3.63, 3.8) is 0 Å². The van der Waals surface area contributed by atoms with Gasteiger partial charge >= 0.3 is 0 Å². The molecule has 0 unspecified atom stereocenters. The molecule has 10 heteroatoms. The lowest BCUT2D eigenvalue weighted by Gasteiger charge is -2.10. The van der Waals surface area contributed by atoms with Gasteiger partial charge in [0.2, 0.25) is 5.91 Å². The number of anilines is 1. The van der Waals surface area contributed by atoms with Crippen LogP contribution in [-0.4, -0.2) is 33.5 Å². The van der Waals surface area contributed by atoms with E-state index in [-0.39, 0.29) is 23.3 Å². The molecule has 1 heterocycles. The SMILES string of the molecule is CCn1c(COc2ccc(F)c(Cl)c2)nnc1SCC(=O)Nc1ccccc1OC. The quantitative estimate of drug-likeness (QED) is 0.486. The second kappa shape index (κ2) is 10.3. The van der Waals surface area contributed by atoms with E-state index in [0.717, 1.165) is 0 Å². The Morgan fingerprint density at radius 1 is 1.27 bits per heavy atom. The van der Waals surface area contributed by atoms with Crippen LogP contribution in [0.15, 0.2) is 47.6 Å². The van der Waals surface area contributed by atoms with Gasteiger partial charge in [0.05, 0.1) is 23.6 Å². The van der Waals surface area contributed by atoms with Gasteiger partial charge in [0, 0.05) is 12.6 Å². The van der Waals surface area contributed by atoms with Gasteiger partial charge in [-0.25, -0.2) is 4.39 Å². The topological polar surface area (TPSA) is 78.3 Å². The molecule has 0 aliphatic carbocycles. The number of nitrogens with one attached hydrogen (secondary N) is 1. The summed E-state index contributed by atoms with van der Waals surface area (Å²) >= 11 is 7.04. The van der Waals surface area contributed by atoms with E-state index in [2.05, 4.69) is 15.5 Å². The van der Waals surface area contributed by atoms with Crippen LogP contribution in [0.1, 0.15) is 12.7 Å². The molecule has 3 rings (SSSR count). The number of methoxy groups -OCH3 is 1. The zero-order valence-corrected chi connectivity index (χ0v) is 18.0. The van der Waals surface area contributed by atoms with Gasteiger partial charge < -0.3 is 19.4 Å². The van der Waals surface area contributed by atoms with Crippen molar-refractivity contribution >= 4 is 35.0 Å². The minimum Gasteiger partial charge on any atom is -0.495 e. The third-order valence-electron chi connectivity index (χ3n) is 4.08. The van der Waals surface area contributed by atoms with Crippen LogP contribution in [0.4, 0.5) is 10.1 Å². The fraction of sp³-hybridized carbons (Fsp3) is 0.250. The summed E-state index contributed by atoms with van der Waals surface area (Å²) in [6.07, 6.45) is 0. The van der Waals surface area contributed by atoms with Crippen LogP contribution >= 0.6 is 23.4 Å². The summed E-state index contributed by atoms with van der Waals surface area (Å²) in [4.78, 5) is 12.3. The van der Waals surface area contributed by atoms with Gasteiger partial charge in [-0.15, -0.1) is 10.2 Å². The van der Waals surface area contributed by atoms with Crippen molar-refractivity contribution in [3.8, 4) is 11.5 Å². The molecular formula is C20H20ClFN4O3S. The molecule has 0 saturated carbocycles. The maximum absolute atomic E-state index is 13.3. The molecule has 7 nitrogen and oxygen atoms in total. The number of aromatic nitrogens is 3. The van der Waals surface area contributed by atoms with Crippen LogP contribution in [0, 0.1) is 5.82 Å². The van der Waals surface area contributed by atoms with E-state index in [1.165, 1.54) is 30.0 Å². The van der Waals surface area contributed by atoms with E-state index in [4.69, 9.17) is 21.1 Å². The number of carbonyl (C=O) groups is 1. The van der Waals surface area contributed by atoms with Crippen LogP contribution in [0.3, 0.4) is 0 Å². The van der Waals surface area contributed by atoms with E-state index < -0.39 is 5.82 Å². The summed E-state index contributed by atoms with van der Waals surface area (Å²) in [5, 5.41) is 11.7. The van der Waals surface area contributed by atoms with Crippen molar-refractivity contribution in [2.24, 2.45) is 0 Å². The molecule has 0 saturated heterocycles. The van der Waals surface area contributed by atoms with Crippen LogP contribution in [-0.2, 0) is 17.9 Å². The lowest BCUT2D eigenvalue weighted by Crippen LogP contribution is -2.15. The van der Waals surface area contributed by atoms with E-state index in [1.54, 1.807) is 19.2 Å². The summed E-state index contributed by atoms with van der Waals surface area (Å²) in [6.45, 7) is 2.68. The fourth-order valence-corrected chi connectivity index (χ4v) is 3.62. The molecule has 1 N–H and O–H groups in total. The first-order valence-corrected chi connectivity index (χ1v) is 10.4. The highest BCUT2D eigenvalue weighted by Gasteiger charge is 2.15. The smallest absolute Gasteiger partial charge is 0.234 e. The van der Waals surface area contributed by atoms with Crippen molar-refractivity contribution in [1.82, 2.24) is 14.8 Å². The second-order valence-corrected chi connectivity index (χ2v) is 7.39. The molecule has 3 aromatic rings. The third kappa shape index (κ3) is 5.43. The molecule has 2 aromatic carbocycles. The molecule has 0 bridgehead atoms. The summed E-state index contributed by atoms with van der Waals surface area (Å²) in [7, 11) is 1.55. The van der Waals surface area contributed by atoms with Crippen molar-refractivity contribution in [2.75, 3.05) is 18.2 Å². The Kier molecular flexibility index (Phi) is 7.53. The van der Waals surface area contributed by atoms with E-state index in [9.17, 15) is 9.18 Å². The number of rotatable bonds is 9. The number of benzene rings is 2. The van der Waals surface area contributed by atoms with Gasteiger partial charge in [-0.2, -0.15) is 0 Å². The van der Waals surface area contributed by atoms with Crippen molar-refractivity contribution < 1.29 is 18.7 Å². The van der Waals surface area contributed by atoms with Crippen LogP contribution in [0.2, 0.25) is 5.02 Å². The number of nitrogens with zero attached hydrogens (tertiary/aromatic N) is 3. The minimum absolute atomic E-state index is 0.0123. The first-order valence-electron chi connectivity index (χ1n) is 9.07. The number of halogens is 2. The molecule has 1 aromatic heterocycles. The Labute approximate surface area is 182 Å². The fourth-order valence-electron chi connectivity index (χ4n) is 2.63. The first kappa shape index (κ1) is 21.9. The van der Waals surface area contributed by atoms with Gasteiger partial charge in [0.25, 0.3) is 0 Å². The lowest BCUT2D eigenvalue weighted by atomic mass is 10.3. The van der Waals surface area contributed by atoms with E-state index in [0.29, 0.717) is 34.7 Å². The number of amides is 1. The highest BCUT2D eigenvalue weighted by atomic mass is 35.5. The Hall–Kier alpha value is -2.78. The Bertz CT molecular complexity index is 1030. The van der Waals surface area contributed by atoms with Crippen LogP contribution in [0.25, 0.3) is 0 Å². The molecule has 0 aliphatic heterocycles. The summed E-state index contributed by atoms with van der Waals surface area (Å²) in [5.41, 5.74) is 0.606. The maximum Gasteiger partial charge on any atom is 0.234 e. The highest BCUT2D eigenvalue weighted by molar-refractivity contribution is 7.99. The van der Waals surface area contributed by atoms with Crippen molar-refractivity contribution in [3.05, 3.63) is 59.1 Å². The first-order chi connectivity index (χ1) is 14.5. The summed E-state index contributed by atoms with van der Waals surface area (Å²) in [6, 6.07) is 11.3. The molecule has 0 spiro atoms. The Morgan fingerprint density at radius 2 is 2.07 bits per heavy atom. The Balaban J connectivity index is 1.59. The molecular weight excluding hydrogens is 431 g/mol. The lowest BCUT2D eigenvalue weighted by molar-refractivity contribution is -0.113. The van der Waals surface area contributed by atoms with E-state index in [1.807, 2.05) is 23.6 Å². The van der Waals surface area contributed by atoms with Gasteiger partial charge in [-0.05, 0) is 31.2 Å². The predicted octanol–water partition coefficient (Wildman–Crippen LogP) is 4.41. The average molecular weight is 451 g/mol. The van der Waals surface area contributed by atoms with Crippen molar-refractivity contribution in [1.29, 1.82) is 0 Å². The number of hydrogen-bond acceptors (Lipinski definition) is 6. The number of carbonyl (C=O) groups excluding carboxylic acids is 1. The zero-order valence-electron chi connectivity index (χ0n) is 16.4. The number of para-hydroxylation sites is 2. The minimum atomic E-state index is -0.508. The largest absolute Gasteiger partial charge is 0.495 e. The second-order valence-electron chi connectivity index (χ2n) is 6.04. The molecule has 30 heavy (non-hydrogen) atoms. The molecule has 0 aliphatic rings. The maximum atomic E-state index is 13.3. The van der Waals surface area contributed by atoms with Crippen LogP contribution in [0.5, 0.6) is 11.5 Å². The molecule has 0 radical (unpaired) electrons. The van der Waals surface area contributed by atoms with Crippen molar-refractivity contribution in [2.45, 2.75) is 25.2 Å². The molecule has 0 fully saturated rings. The van der Waals surface area contributed by atoms with E-state index >= 15 is 0 Å². The Morgan fingerprint density at radius 3 is 2.80 bits per heavy atom. The monoisotopic (exact) mass is 450 g/mol. The predicted molar refractivity (Wildman–Crippen MR) is 114 cm³/mol. The summed E-state index contributed by atoms with van der Waals surface area (Å²) in [5.74, 6) is 1.07. The average Bonchev–Trinajstić information content (AvgIpc) is 3.15. The zero-order chi connectivity index (χ0) is 21.5. The standard InChI is InChI=1S/C20H20ClFN4O3S/c1-3-26-18(11-29-13-8-9-15(22)14(21)10-13)24-25-20(26)30-12-19(27)23-16-6-4-5-7-17(16)28-2/h4-10H,3,11-12H2,1-2H3,(H,23,27). The number of hydrogen-bond donors (Lipinski definition) is 1. The highest BCUT2D eigenvalue weighted by Crippen LogP contribution is 2.25. The van der Waals surface area contributed by atoms with Crippen LogP contribution < -0.4 is 14.8 Å². The van der Waals surface area contributed by atoms with Gasteiger partial charge in [0.15, 0.2) is 11.0 Å². The molecule has 0 atom stereocenters. The van der Waals surface area contributed by atoms with Gasteiger partial charge in [-0.3, -0.25) is 4.79 Å². The normalized spacial score (nSPS) is 10.7. The molecule has 1 amide bonds. The summed E-state index contributed by atoms with van der Waals surface area (Å²) < 4.78 is 26.0. The van der Waals surface area contributed by atoms with Gasteiger partial charge in [0.1, 0.15) is 23.9 Å². The number of ether oxygens (including phenoxy) is 2. The number of thioether (sulfide) groups is 1. The van der Waals surface area contributed by atoms with Gasteiger partial charge in [-0.1, -0.05) is 35.5 Å². The molecule has 158 valence electrons.